The normalized spacial score (nSPS) is 29.7. The van der Waals surface area contributed by atoms with Crippen LogP contribution in [0.1, 0.15) is 5.56 Å². The Kier molecular flexibility index (Phi) is 4.12. The number of cyclic esters (lactones) is 1. The van der Waals surface area contributed by atoms with Gasteiger partial charge < -0.3 is 23.7 Å². The second-order valence-corrected chi connectivity index (χ2v) is 7.25. The second kappa shape index (κ2) is 6.61. The summed E-state index contributed by atoms with van der Waals surface area (Å²) in [4.78, 5) is 14.3. The molecule has 2 saturated heterocycles. The van der Waals surface area contributed by atoms with Crippen molar-refractivity contribution in [2.45, 2.75) is 24.0 Å². The molecule has 0 aromatic heterocycles. The highest BCUT2D eigenvalue weighted by molar-refractivity contribution is 5.76. The van der Waals surface area contributed by atoms with Gasteiger partial charge in [-0.15, -0.1) is 6.42 Å². The molecule has 0 bridgehead atoms. The van der Waals surface area contributed by atoms with Gasteiger partial charge in [-0.3, -0.25) is 4.90 Å². The summed E-state index contributed by atoms with van der Waals surface area (Å²) in [6.45, 7) is 0.834. The van der Waals surface area contributed by atoms with E-state index in [1.165, 1.54) is 11.0 Å². The van der Waals surface area contributed by atoms with Crippen molar-refractivity contribution in [1.29, 1.82) is 5.26 Å². The average molecular weight is 406 g/mol. The molecule has 5 rings (SSSR count). The minimum absolute atomic E-state index is 0.0469. The van der Waals surface area contributed by atoms with Crippen molar-refractivity contribution in [2.75, 3.05) is 26.9 Å². The van der Waals surface area contributed by atoms with Crippen LogP contribution in [0.2, 0.25) is 0 Å². The lowest BCUT2D eigenvalue weighted by molar-refractivity contribution is -0.158. The van der Waals surface area contributed by atoms with Crippen LogP contribution in [0.15, 0.2) is 47.2 Å². The number of methoxy groups -OCH3 is 1. The Hall–Kier alpha value is -3.30. The Bertz CT molecular complexity index is 1050. The van der Waals surface area contributed by atoms with E-state index in [0.717, 1.165) is 5.56 Å². The first kappa shape index (κ1) is 18.7. The molecule has 0 unspecified atom stereocenters. The van der Waals surface area contributed by atoms with Crippen molar-refractivity contribution in [3.63, 3.8) is 0 Å². The van der Waals surface area contributed by atoms with Gasteiger partial charge >= 0.3 is 6.09 Å². The molecule has 1 aromatic rings. The molecule has 1 aliphatic carbocycles. The van der Waals surface area contributed by atoms with Gasteiger partial charge in [0.05, 0.1) is 38.6 Å². The molecule has 3 heterocycles. The third kappa shape index (κ3) is 2.42. The molecule has 4 aliphatic rings. The molecule has 3 aliphatic heterocycles. The molecule has 152 valence electrons. The predicted molar refractivity (Wildman–Crippen MR) is 102 cm³/mol. The molecule has 2 fully saturated rings. The molecule has 0 saturated carbocycles. The number of carbonyl (C=O) groups is 1. The maximum Gasteiger partial charge on any atom is 0.414 e. The highest BCUT2D eigenvalue weighted by atomic mass is 16.8. The van der Waals surface area contributed by atoms with Crippen LogP contribution in [0, 0.1) is 23.7 Å². The molecule has 8 nitrogen and oxygen atoms in total. The van der Waals surface area contributed by atoms with Crippen LogP contribution in [0.3, 0.4) is 0 Å². The van der Waals surface area contributed by atoms with Gasteiger partial charge in [0.15, 0.2) is 11.7 Å². The summed E-state index contributed by atoms with van der Waals surface area (Å²) in [6.07, 6.45) is 5.96. The smallest absolute Gasteiger partial charge is 0.414 e. The molecule has 1 amide bonds. The first-order valence-electron chi connectivity index (χ1n) is 9.44. The number of hydrogen-bond donors (Lipinski definition) is 0. The van der Waals surface area contributed by atoms with E-state index in [-0.39, 0.29) is 13.2 Å². The van der Waals surface area contributed by atoms with Gasteiger partial charge in [0.1, 0.15) is 12.4 Å². The first-order chi connectivity index (χ1) is 14.6. The average Bonchev–Trinajstić information content (AvgIpc) is 3.35. The van der Waals surface area contributed by atoms with Gasteiger partial charge in [-0.2, -0.15) is 5.26 Å². The number of allylic oxidation sites excluding steroid dienone is 1. The number of epoxide rings is 1. The van der Waals surface area contributed by atoms with Crippen LogP contribution in [0.4, 0.5) is 4.79 Å². The quantitative estimate of drug-likeness (QED) is 0.430. The fourth-order valence-corrected chi connectivity index (χ4v) is 4.41. The van der Waals surface area contributed by atoms with Gasteiger partial charge in [0.25, 0.3) is 0 Å². The lowest BCUT2D eigenvalue weighted by Gasteiger charge is -2.43. The van der Waals surface area contributed by atoms with Crippen molar-refractivity contribution in [1.82, 2.24) is 4.90 Å². The SMILES string of the molecule is C#C[C@@]12O[C@@H]1C1(OCCO1)C1=C(COC(=O)N1Cc1ccc(OC)cc1)/C2=C\C#N. The monoisotopic (exact) mass is 406 g/mol. The number of benzene rings is 1. The molecular formula is C22H18N2O6. The van der Waals surface area contributed by atoms with E-state index in [9.17, 15) is 10.1 Å². The van der Waals surface area contributed by atoms with Gasteiger partial charge in [-0.1, -0.05) is 18.1 Å². The molecule has 2 atom stereocenters. The molecule has 1 spiro atoms. The largest absolute Gasteiger partial charge is 0.497 e. The van der Waals surface area contributed by atoms with Gasteiger partial charge in [0.2, 0.25) is 5.79 Å². The van der Waals surface area contributed by atoms with Crippen LogP contribution in [-0.4, -0.2) is 55.4 Å². The Labute approximate surface area is 173 Å². The van der Waals surface area contributed by atoms with Crippen LogP contribution >= 0.6 is 0 Å². The number of amides is 1. The second-order valence-electron chi connectivity index (χ2n) is 7.25. The zero-order valence-electron chi connectivity index (χ0n) is 16.2. The van der Waals surface area contributed by atoms with Crippen LogP contribution in [-0.2, 0) is 25.5 Å². The zero-order valence-corrected chi connectivity index (χ0v) is 16.2. The summed E-state index contributed by atoms with van der Waals surface area (Å²) in [5, 5.41) is 9.35. The van der Waals surface area contributed by atoms with Crippen molar-refractivity contribution >= 4 is 6.09 Å². The molecule has 0 N–H and O–H groups in total. The molecule has 0 radical (unpaired) electrons. The van der Waals surface area contributed by atoms with Crippen LogP contribution < -0.4 is 4.74 Å². The summed E-state index contributed by atoms with van der Waals surface area (Å²) >= 11 is 0. The van der Waals surface area contributed by atoms with E-state index in [2.05, 4.69) is 5.92 Å². The minimum atomic E-state index is -1.32. The molecule has 30 heavy (non-hydrogen) atoms. The third-order valence-electron chi connectivity index (χ3n) is 5.77. The number of carbonyl (C=O) groups excluding carboxylic acids is 1. The number of terminal acetylenes is 1. The molecule has 8 heteroatoms. The summed E-state index contributed by atoms with van der Waals surface area (Å²) in [5.74, 6) is 2.04. The Morgan fingerprint density at radius 1 is 1.33 bits per heavy atom. The fraction of sp³-hybridized carbons (Fsp3) is 0.364. The number of nitrogens with zero attached hydrogens (tertiary/aromatic N) is 2. The summed E-state index contributed by atoms with van der Waals surface area (Å²) < 4.78 is 28.6. The van der Waals surface area contributed by atoms with E-state index < -0.39 is 23.6 Å². The lowest BCUT2D eigenvalue weighted by atomic mass is 9.77. The summed E-state index contributed by atoms with van der Waals surface area (Å²) in [7, 11) is 1.59. The standard InChI is InChI=1S/C22H18N2O6/c1-3-21-17(8-9-23)16-13-27-20(25)24(12-14-4-6-15(26-2)7-5-14)18(16)22(19(21)30-21)28-10-11-29-22/h1,4-8,19H,10-13H2,2H3/b17-8+/t19-,21-/m0/s1. The fourth-order valence-electron chi connectivity index (χ4n) is 4.41. The van der Waals surface area contributed by atoms with Gasteiger partial charge in [-0.25, -0.2) is 4.79 Å². The van der Waals surface area contributed by atoms with Crippen molar-refractivity contribution in [3.05, 3.63) is 52.7 Å². The summed E-state index contributed by atoms with van der Waals surface area (Å²) in [6, 6.07) is 9.37. The minimum Gasteiger partial charge on any atom is -0.497 e. The van der Waals surface area contributed by atoms with Crippen LogP contribution in [0.5, 0.6) is 5.75 Å². The topological polar surface area (TPSA) is 93.6 Å². The number of fused-ring (bicyclic) bond motifs is 3. The Morgan fingerprint density at radius 2 is 2.07 bits per heavy atom. The number of hydrogen-bond acceptors (Lipinski definition) is 7. The Morgan fingerprint density at radius 3 is 2.70 bits per heavy atom. The van der Waals surface area contributed by atoms with Gasteiger partial charge in [0, 0.05) is 17.2 Å². The Balaban J connectivity index is 1.64. The predicted octanol–water partition coefficient (Wildman–Crippen LogP) is 1.88. The van der Waals surface area contributed by atoms with E-state index in [4.69, 9.17) is 30.1 Å². The number of nitriles is 1. The van der Waals surface area contributed by atoms with Crippen molar-refractivity contribution in [2.24, 2.45) is 0 Å². The van der Waals surface area contributed by atoms with Crippen LogP contribution in [0.25, 0.3) is 0 Å². The third-order valence-corrected chi connectivity index (χ3v) is 5.77. The maximum absolute atomic E-state index is 12.8. The van der Waals surface area contributed by atoms with Crippen molar-refractivity contribution in [3.8, 4) is 24.2 Å². The zero-order chi connectivity index (χ0) is 20.9. The molecule has 1 aromatic carbocycles. The van der Waals surface area contributed by atoms with E-state index in [1.807, 2.05) is 30.3 Å². The highest BCUT2D eigenvalue weighted by Crippen LogP contribution is 2.61. The number of rotatable bonds is 3. The maximum atomic E-state index is 12.8. The van der Waals surface area contributed by atoms with Gasteiger partial charge in [-0.05, 0) is 17.7 Å². The lowest BCUT2D eigenvalue weighted by Crippen LogP contribution is -2.55. The highest BCUT2D eigenvalue weighted by Gasteiger charge is 2.76. The summed E-state index contributed by atoms with van der Waals surface area (Å²) in [5.41, 5.74) is 1.30. The van der Waals surface area contributed by atoms with E-state index >= 15 is 0 Å². The number of ether oxygens (including phenoxy) is 5. The van der Waals surface area contributed by atoms with E-state index in [1.54, 1.807) is 7.11 Å². The first-order valence-corrected chi connectivity index (χ1v) is 9.44. The van der Waals surface area contributed by atoms with E-state index in [0.29, 0.717) is 35.8 Å². The van der Waals surface area contributed by atoms with Crippen molar-refractivity contribution < 1.29 is 28.5 Å². The molecular weight excluding hydrogens is 388 g/mol.